The lowest BCUT2D eigenvalue weighted by Crippen LogP contribution is -2.36. The Balaban J connectivity index is 0.000000414. The smallest absolute Gasteiger partial charge is 0.485 e. The number of nitrogens with zero attached hydrogens (tertiary/aromatic N) is 1. The van der Waals surface area contributed by atoms with Crippen molar-refractivity contribution in [2.24, 2.45) is 7.05 Å². The molecule has 0 unspecified atom stereocenters. The first kappa shape index (κ1) is 26.2. The van der Waals surface area contributed by atoms with Crippen LogP contribution in [0.2, 0.25) is 10.0 Å². The molecule has 0 saturated heterocycles. The first-order chi connectivity index (χ1) is 15.4. The fourth-order valence-corrected chi connectivity index (χ4v) is 2.62. The molecule has 0 spiro atoms. The Kier molecular flexibility index (Phi) is 8.92. The van der Waals surface area contributed by atoms with E-state index < -0.39 is 15.6 Å². The van der Waals surface area contributed by atoms with Gasteiger partial charge in [0.1, 0.15) is 7.05 Å². The summed E-state index contributed by atoms with van der Waals surface area (Å²) in [4.78, 5) is 0. The van der Waals surface area contributed by atoms with Crippen LogP contribution in [-0.4, -0.2) is 18.5 Å². The average molecular weight is 512 g/mol. The third-order valence-electron chi connectivity index (χ3n) is 3.83. The first-order valence-corrected chi connectivity index (χ1v) is 11.1. The molecule has 0 fully saturated rings. The van der Waals surface area contributed by atoms with Crippen LogP contribution in [0, 0.1) is 23.7 Å². The maximum atomic E-state index is 10.7. The van der Waals surface area contributed by atoms with E-state index in [0.717, 1.165) is 22.5 Å². The number of aromatic nitrogens is 1. The fraction of sp³-hybridized carbons (Fsp3) is 0.0870. The lowest BCUT2D eigenvalue weighted by molar-refractivity contribution is -0.676. The highest BCUT2D eigenvalue weighted by atomic mass is 35.5. The van der Waals surface area contributed by atoms with Gasteiger partial charge in [-0.3, -0.25) is 0 Å². The van der Waals surface area contributed by atoms with E-state index in [-0.39, 0.29) is 0 Å². The summed E-state index contributed by atoms with van der Waals surface area (Å²) in [6, 6.07) is 20.9. The van der Waals surface area contributed by atoms with Crippen molar-refractivity contribution in [3.8, 4) is 23.7 Å². The number of hydrogen-bond donors (Lipinski definition) is 0. The quantitative estimate of drug-likeness (QED) is 0.191. The van der Waals surface area contributed by atoms with Crippen LogP contribution >= 0.6 is 23.2 Å². The molecule has 0 aliphatic heterocycles. The van der Waals surface area contributed by atoms with E-state index in [1.807, 2.05) is 78.3 Å². The van der Waals surface area contributed by atoms with Crippen LogP contribution in [0.1, 0.15) is 22.5 Å². The van der Waals surface area contributed by atoms with E-state index in [0.29, 0.717) is 10.0 Å². The second-order valence-corrected chi connectivity index (χ2v) is 8.52. The Morgan fingerprint density at radius 2 is 1.15 bits per heavy atom. The molecule has 0 amide bonds. The van der Waals surface area contributed by atoms with E-state index in [2.05, 4.69) is 23.7 Å². The van der Waals surface area contributed by atoms with Crippen LogP contribution in [0.4, 0.5) is 13.2 Å². The van der Waals surface area contributed by atoms with Crippen molar-refractivity contribution in [1.29, 1.82) is 0 Å². The SMILES string of the molecule is C[n+]1c(C#Cc2cccc(Cl)c2)cccc1C#Cc1cccc(Cl)c1.O=S(=O)([O-])C(F)(F)F. The Labute approximate surface area is 199 Å². The van der Waals surface area contributed by atoms with Gasteiger partial charge in [0.25, 0.3) is 11.4 Å². The maximum Gasteiger partial charge on any atom is 0.485 e. The number of alkyl halides is 3. The Hall–Kier alpha value is -3.01. The summed E-state index contributed by atoms with van der Waals surface area (Å²) in [5.41, 5.74) is -2.14. The Morgan fingerprint density at radius 3 is 1.48 bits per heavy atom. The van der Waals surface area contributed by atoms with Gasteiger partial charge in [0.05, 0.1) is 0 Å². The van der Waals surface area contributed by atoms with Gasteiger partial charge in [-0.25, -0.2) is 8.42 Å². The molecule has 33 heavy (non-hydrogen) atoms. The van der Waals surface area contributed by atoms with Crippen LogP contribution in [0.3, 0.4) is 0 Å². The van der Waals surface area contributed by atoms with Crippen LogP contribution < -0.4 is 4.57 Å². The zero-order valence-corrected chi connectivity index (χ0v) is 19.1. The summed E-state index contributed by atoms with van der Waals surface area (Å²) >= 11 is 12.0. The highest BCUT2D eigenvalue weighted by Gasteiger charge is 2.36. The Bertz CT molecular complexity index is 1300. The number of halogens is 5. The largest absolute Gasteiger partial charge is 0.741 e. The summed E-state index contributed by atoms with van der Waals surface area (Å²) < 4.78 is 60.9. The van der Waals surface area contributed by atoms with Crippen LogP contribution in [0.5, 0.6) is 0 Å². The molecule has 0 aliphatic carbocycles. The zero-order valence-electron chi connectivity index (χ0n) is 16.8. The number of pyridine rings is 1. The molecule has 3 rings (SSSR count). The van der Waals surface area contributed by atoms with E-state index in [4.69, 9.17) is 36.2 Å². The second kappa shape index (κ2) is 11.2. The van der Waals surface area contributed by atoms with Gasteiger partial charge in [0.15, 0.2) is 10.1 Å². The molecule has 0 N–H and O–H groups in total. The monoisotopic (exact) mass is 511 g/mol. The van der Waals surface area contributed by atoms with E-state index in [9.17, 15) is 13.2 Å². The highest BCUT2D eigenvalue weighted by Crippen LogP contribution is 2.20. The van der Waals surface area contributed by atoms with Gasteiger partial charge in [-0.05, 0) is 42.5 Å². The van der Waals surface area contributed by atoms with Crippen LogP contribution in [-0.2, 0) is 17.2 Å². The predicted octanol–water partition coefficient (Wildman–Crippen LogP) is 4.67. The molecule has 0 radical (unpaired) electrons. The van der Waals surface area contributed by atoms with Gasteiger partial charge < -0.3 is 4.55 Å². The lowest BCUT2D eigenvalue weighted by atomic mass is 10.2. The number of rotatable bonds is 0. The minimum Gasteiger partial charge on any atom is -0.741 e. The predicted molar refractivity (Wildman–Crippen MR) is 118 cm³/mol. The molecule has 0 atom stereocenters. The molecule has 170 valence electrons. The van der Waals surface area contributed by atoms with Crippen molar-refractivity contribution < 1.29 is 30.7 Å². The zero-order chi connectivity index (χ0) is 24.6. The molecule has 1 heterocycles. The molecule has 1 aromatic heterocycles. The van der Waals surface area contributed by atoms with Crippen molar-refractivity contribution in [2.45, 2.75) is 5.51 Å². The lowest BCUT2D eigenvalue weighted by Gasteiger charge is -2.08. The van der Waals surface area contributed by atoms with Gasteiger partial charge >= 0.3 is 5.51 Å². The molecule has 0 bridgehead atoms. The highest BCUT2D eigenvalue weighted by molar-refractivity contribution is 7.86. The molecule has 2 aromatic carbocycles. The van der Waals surface area contributed by atoms with Crippen molar-refractivity contribution in [3.63, 3.8) is 0 Å². The average Bonchev–Trinajstić information content (AvgIpc) is 2.71. The third-order valence-corrected chi connectivity index (χ3v) is 4.87. The van der Waals surface area contributed by atoms with E-state index in [1.165, 1.54) is 0 Å². The maximum absolute atomic E-state index is 10.7. The summed E-state index contributed by atoms with van der Waals surface area (Å²) in [7, 11) is -4.14. The number of hydrogen-bond acceptors (Lipinski definition) is 3. The summed E-state index contributed by atoms with van der Waals surface area (Å²) in [5.74, 6) is 12.6. The molecule has 0 saturated carbocycles. The molecular formula is C23H14Cl2F3NO3S. The standard InChI is InChI=1S/C22H14Cl2N.CHF3O3S/c1-25-21(13-11-17-5-2-7-19(23)15-17)9-4-10-22(25)14-12-18-6-3-8-20(24)16-18;2-1(3,4)8(5,6)7/h2-10,15-16H,1H3;(H,5,6,7)/q+1;/p-1. The normalized spacial score (nSPS) is 10.6. The third kappa shape index (κ3) is 8.45. The second-order valence-electron chi connectivity index (χ2n) is 6.28. The van der Waals surface area contributed by atoms with E-state index in [1.54, 1.807) is 0 Å². The molecule has 10 heteroatoms. The topological polar surface area (TPSA) is 61.1 Å². The van der Waals surface area contributed by atoms with Gasteiger partial charge in [-0.2, -0.15) is 17.7 Å². The first-order valence-electron chi connectivity index (χ1n) is 8.93. The van der Waals surface area contributed by atoms with Gasteiger partial charge in [-0.1, -0.05) is 47.2 Å². The van der Waals surface area contributed by atoms with Crippen LogP contribution in [0.15, 0.2) is 66.7 Å². The van der Waals surface area contributed by atoms with Crippen molar-refractivity contribution in [2.75, 3.05) is 0 Å². The molecule has 4 nitrogen and oxygen atoms in total. The van der Waals surface area contributed by atoms with Crippen LogP contribution in [0.25, 0.3) is 0 Å². The van der Waals surface area contributed by atoms with Gasteiger partial charge in [0.2, 0.25) is 0 Å². The van der Waals surface area contributed by atoms with Crippen molar-refractivity contribution in [3.05, 3.63) is 99.3 Å². The summed E-state index contributed by atoms with van der Waals surface area (Å²) in [5, 5.41) is 1.36. The Morgan fingerprint density at radius 1 is 0.788 bits per heavy atom. The minimum atomic E-state index is -6.09. The molecular weight excluding hydrogens is 498 g/mol. The van der Waals surface area contributed by atoms with Crippen molar-refractivity contribution >= 4 is 33.3 Å². The molecule has 0 aliphatic rings. The van der Waals surface area contributed by atoms with Gasteiger partial charge in [-0.15, -0.1) is 0 Å². The minimum absolute atomic E-state index is 0.678. The van der Waals surface area contributed by atoms with Gasteiger partial charge in [0, 0.05) is 45.1 Å². The fourth-order valence-electron chi connectivity index (χ4n) is 2.24. The molecule has 3 aromatic rings. The van der Waals surface area contributed by atoms with E-state index >= 15 is 0 Å². The van der Waals surface area contributed by atoms with Crippen molar-refractivity contribution in [1.82, 2.24) is 0 Å². The number of benzene rings is 2. The summed E-state index contributed by atoms with van der Waals surface area (Å²) in [6.07, 6.45) is 0. The summed E-state index contributed by atoms with van der Waals surface area (Å²) in [6.45, 7) is 0.